The van der Waals surface area contributed by atoms with Gasteiger partial charge in [0.1, 0.15) is 0 Å². The second-order valence-corrected chi connectivity index (χ2v) is 5.53. The number of rotatable bonds is 1. The predicted octanol–water partition coefficient (Wildman–Crippen LogP) is 3.22. The number of fused-ring (bicyclic) bond motifs is 1. The Bertz CT molecular complexity index is 525. The van der Waals surface area contributed by atoms with Gasteiger partial charge in [0.25, 0.3) is 0 Å². The van der Waals surface area contributed by atoms with Crippen LogP contribution >= 0.6 is 0 Å². The van der Waals surface area contributed by atoms with Crippen LogP contribution in [-0.2, 0) is 10.2 Å². The molecule has 0 N–H and O–H groups in total. The van der Waals surface area contributed by atoms with Crippen molar-refractivity contribution in [3.8, 4) is 0 Å². The summed E-state index contributed by atoms with van der Waals surface area (Å²) in [5, 5.41) is 0. The monoisotopic (exact) mass is 244 g/mol. The average molecular weight is 244 g/mol. The Kier molecular flexibility index (Phi) is 2.51. The highest BCUT2D eigenvalue weighted by atomic mass is 16.6. The van der Waals surface area contributed by atoms with E-state index in [-0.39, 0.29) is 5.41 Å². The maximum atomic E-state index is 11.8. The first kappa shape index (κ1) is 11.5. The summed E-state index contributed by atoms with van der Waals surface area (Å²) >= 11 is 0. The quantitative estimate of drug-likeness (QED) is 0.562. The van der Waals surface area contributed by atoms with E-state index in [9.17, 15) is 9.59 Å². The summed E-state index contributed by atoms with van der Waals surface area (Å²) in [7, 11) is 0. The van der Waals surface area contributed by atoms with Crippen LogP contribution in [0.5, 0.6) is 0 Å². The minimum Gasteiger partial charge on any atom is -0.386 e. The molecule has 1 heterocycles. The van der Waals surface area contributed by atoms with Gasteiger partial charge < -0.3 is 4.74 Å². The van der Waals surface area contributed by atoms with E-state index in [1.165, 1.54) is 19.3 Å². The number of ether oxygens (including phenoxy) is 1. The molecule has 1 aromatic rings. The van der Waals surface area contributed by atoms with E-state index in [1.54, 1.807) is 6.07 Å². The minimum atomic E-state index is -0.503. The van der Waals surface area contributed by atoms with Crippen molar-refractivity contribution in [2.75, 3.05) is 0 Å². The highest BCUT2D eigenvalue weighted by Gasteiger charge is 2.38. The third kappa shape index (κ3) is 1.57. The fourth-order valence-electron chi connectivity index (χ4n) is 3.24. The first-order valence-electron chi connectivity index (χ1n) is 6.52. The van der Waals surface area contributed by atoms with Crippen LogP contribution in [-0.4, -0.2) is 11.9 Å². The summed E-state index contributed by atoms with van der Waals surface area (Å²) in [4.78, 5) is 23.4. The molecule has 1 aliphatic carbocycles. The van der Waals surface area contributed by atoms with Crippen molar-refractivity contribution in [3.63, 3.8) is 0 Å². The molecule has 0 radical (unpaired) electrons. The van der Waals surface area contributed by atoms with E-state index in [4.69, 9.17) is 4.74 Å². The molecule has 2 aliphatic rings. The van der Waals surface area contributed by atoms with Gasteiger partial charge in [-0.25, -0.2) is 9.59 Å². The molecule has 0 aromatic heterocycles. The van der Waals surface area contributed by atoms with Crippen LogP contribution in [0.3, 0.4) is 0 Å². The van der Waals surface area contributed by atoms with E-state index >= 15 is 0 Å². The zero-order valence-corrected chi connectivity index (χ0v) is 10.5. The molecule has 3 heteroatoms. The largest absolute Gasteiger partial charge is 0.386 e. The molecule has 0 spiro atoms. The molecule has 3 nitrogen and oxygen atoms in total. The zero-order valence-electron chi connectivity index (χ0n) is 10.5. The molecule has 3 rings (SSSR count). The van der Waals surface area contributed by atoms with Gasteiger partial charge in [0.2, 0.25) is 0 Å². The van der Waals surface area contributed by atoms with Gasteiger partial charge in [0.15, 0.2) is 0 Å². The smallest absolute Gasteiger partial charge is 0.347 e. The third-order valence-corrected chi connectivity index (χ3v) is 4.28. The standard InChI is InChI=1S/C15H16O3/c1-15(8-3-2-4-9-15)11-7-5-6-10-12(11)14(17)18-13(10)16/h5-7H,2-4,8-9H2,1H3. The van der Waals surface area contributed by atoms with Crippen LogP contribution in [0.4, 0.5) is 0 Å². The van der Waals surface area contributed by atoms with Gasteiger partial charge in [-0.05, 0) is 29.9 Å². The summed E-state index contributed by atoms with van der Waals surface area (Å²) in [6.07, 6.45) is 5.77. The summed E-state index contributed by atoms with van der Waals surface area (Å²) in [5.41, 5.74) is 1.94. The third-order valence-electron chi connectivity index (χ3n) is 4.28. The Hall–Kier alpha value is -1.64. The van der Waals surface area contributed by atoms with Gasteiger partial charge in [0.05, 0.1) is 11.1 Å². The second kappa shape index (κ2) is 3.94. The van der Waals surface area contributed by atoms with Crippen molar-refractivity contribution in [3.05, 3.63) is 34.9 Å². The first-order chi connectivity index (χ1) is 8.62. The molecule has 94 valence electrons. The predicted molar refractivity (Wildman–Crippen MR) is 66.6 cm³/mol. The number of cyclic esters (lactones) is 2. The lowest BCUT2D eigenvalue weighted by Crippen LogP contribution is -2.27. The lowest BCUT2D eigenvalue weighted by molar-refractivity contribution is 0.0442. The van der Waals surface area contributed by atoms with E-state index in [0.29, 0.717) is 11.1 Å². The van der Waals surface area contributed by atoms with Crippen LogP contribution in [0, 0.1) is 0 Å². The summed E-state index contributed by atoms with van der Waals surface area (Å²) < 4.78 is 4.73. The van der Waals surface area contributed by atoms with Crippen molar-refractivity contribution in [1.82, 2.24) is 0 Å². The number of carbonyl (C=O) groups is 2. The van der Waals surface area contributed by atoms with E-state index < -0.39 is 11.9 Å². The number of esters is 2. The lowest BCUT2D eigenvalue weighted by atomic mass is 9.69. The fraction of sp³-hybridized carbons (Fsp3) is 0.467. The van der Waals surface area contributed by atoms with Crippen molar-refractivity contribution in [2.45, 2.75) is 44.4 Å². The van der Waals surface area contributed by atoms with Crippen LogP contribution in [0.1, 0.15) is 65.3 Å². The van der Waals surface area contributed by atoms with Gasteiger partial charge in [-0.3, -0.25) is 0 Å². The molecular formula is C15H16O3. The van der Waals surface area contributed by atoms with Crippen molar-refractivity contribution in [1.29, 1.82) is 0 Å². The Morgan fingerprint density at radius 2 is 1.78 bits per heavy atom. The lowest BCUT2D eigenvalue weighted by Gasteiger charge is -2.34. The van der Waals surface area contributed by atoms with E-state index in [2.05, 4.69) is 6.92 Å². The molecule has 1 saturated carbocycles. The molecule has 0 saturated heterocycles. The molecule has 0 bridgehead atoms. The van der Waals surface area contributed by atoms with E-state index in [0.717, 1.165) is 18.4 Å². The highest BCUT2D eigenvalue weighted by Crippen LogP contribution is 2.42. The number of carbonyl (C=O) groups excluding carboxylic acids is 2. The maximum absolute atomic E-state index is 11.8. The fourth-order valence-corrected chi connectivity index (χ4v) is 3.24. The molecule has 0 amide bonds. The van der Waals surface area contributed by atoms with Crippen LogP contribution in [0.15, 0.2) is 18.2 Å². The Balaban J connectivity index is 2.14. The number of hydrogen-bond donors (Lipinski definition) is 0. The van der Waals surface area contributed by atoms with Crippen molar-refractivity contribution >= 4 is 11.9 Å². The van der Waals surface area contributed by atoms with Gasteiger partial charge in [-0.2, -0.15) is 0 Å². The van der Waals surface area contributed by atoms with Crippen LogP contribution < -0.4 is 0 Å². The van der Waals surface area contributed by atoms with Crippen LogP contribution in [0.25, 0.3) is 0 Å². The average Bonchev–Trinajstić information content (AvgIpc) is 2.66. The Morgan fingerprint density at radius 1 is 1.06 bits per heavy atom. The molecular weight excluding hydrogens is 228 g/mol. The topological polar surface area (TPSA) is 43.4 Å². The SMILES string of the molecule is CC1(c2cccc3c2C(=O)OC3=O)CCCCC1. The maximum Gasteiger partial charge on any atom is 0.347 e. The van der Waals surface area contributed by atoms with Gasteiger partial charge in [0, 0.05) is 0 Å². The summed E-state index contributed by atoms with van der Waals surface area (Å²) in [5.74, 6) is -0.978. The summed E-state index contributed by atoms with van der Waals surface area (Å²) in [6, 6.07) is 5.51. The van der Waals surface area contributed by atoms with Crippen molar-refractivity contribution < 1.29 is 14.3 Å². The number of hydrogen-bond acceptors (Lipinski definition) is 3. The van der Waals surface area contributed by atoms with E-state index in [1.807, 2.05) is 12.1 Å². The molecule has 0 unspecified atom stereocenters. The highest BCUT2D eigenvalue weighted by molar-refractivity contribution is 6.15. The molecule has 0 atom stereocenters. The second-order valence-electron chi connectivity index (χ2n) is 5.53. The number of benzene rings is 1. The Labute approximate surface area is 106 Å². The Morgan fingerprint density at radius 3 is 2.50 bits per heavy atom. The van der Waals surface area contributed by atoms with Crippen molar-refractivity contribution in [2.24, 2.45) is 0 Å². The molecule has 1 aliphatic heterocycles. The van der Waals surface area contributed by atoms with Gasteiger partial charge >= 0.3 is 11.9 Å². The van der Waals surface area contributed by atoms with Crippen LogP contribution in [0.2, 0.25) is 0 Å². The summed E-state index contributed by atoms with van der Waals surface area (Å²) in [6.45, 7) is 2.19. The zero-order chi connectivity index (χ0) is 12.8. The molecule has 1 aromatic carbocycles. The molecule has 18 heavy (non-hydrogen) atoms. The first-order valence-corrected chi connectivity index (χ1v) is 6.52. The molecule has 1 fully saturated rings. The van der Waals surface area contributed by atoms with Gasteiger partial charge in [-0.1, -0.05) is 38.3 Å². The van der Waals surface area contributed by atoms with Gasteiger partial charge in [-0.15, -0.1) is 0 Å². The minimum absolute atomic E-state index is 0.00718. The normalized spacial score (nSPS) is 21.6.